The third kappa shape index (κ3) is 3.57. The lowest BCUT2D eigenvalue weighted by Gasteiger charge is -2.17. The van der Waals surface area contributed by atoms with Crippen molar-refractivity contribution in [1.82, 2.24) is 0 Å². The number of nitro groups is 1. The van der Waals surface area contributed by atoms with Gasteiger partial charge in [0.05, 0.1) is 10.6 Å². The minimum Gasteiger partial charge on any atom is -0.378 e. The van der Waals surface area contributed by atoms with Gasteiger partial charge in [0.1, 0.15) is 0 Å². The van der Waals surface area contributed by atoms with Crippen LogP contribution in [0, 0.1) is 17.0 Å². The molecule has 2 aromatic carbocycles. The Kier molecular flexibility index (Phi) is 4.54. The summed E-state index contributed by atoms with van der Waals surface area (Å²) in [5.74, 6) is -0.0280. The molecule has 0 heterocycles. The van der Waals surface area contributed by atoms with Crippen LogP contribution in [-0.4, -0.2) is 16.2 Å². The van der Waals surface area contributed by atoms with E-state index in [2.05, 4.69) is 0 Å². The van der Waals surface area contributed by atoms with E-state index in [0.29, 0.717) is 5.69 Å². The van der Waals surface area contributed by atoms with Crippen LogP contribution in [-0.2, 0) is 11.3 Å². The van der Waals surface area contributed by atoms with E-state index in [-0.39, 0.29) is 11.4 Å². The molecule has 6 nitrogen and oxygen atoms in total. The van der Waals surface area contributed by atoms with Crippen LogP contribution in [0.4, 0.5) is 11.4 Å². The van der Waals surface area contributed by atoms with Gasteiger partial charge in [-0.05, 0) is 25.1 Å². The summed E-state index contributed by atoms with van der Waals surface area (Å²) in [7, 11) is 1.59. The number of para-hydroxylation sites is 2. The molecule has 0 spiro atoms. The van der Waals surface area contributed by atoms with E-state index in [1.165, 1.54) is 22.5 Å². The Morgan fingerprint density at radius 2 is 1.76 bits per heavy atom. The Hall–Kier alpha value is -2.41. The molecular formula is C14H14N2O4S. The number of hydrogen-bond acceptors (Lipinski definition) is 4. The van der Waals surface area contributed by atoms with E-state index >= 15 is 0 Å². The average Bonchev–Trinajstić information content (AvgIpc) is 2.47. The third-order valence-corrected chi connectivity index (χ3v) is 3.82. The lowest BCUT2D eigenvalue weighted by Crippen LogP contribution is -2.24. The topological polar surface area (TPSA) is 72.7 Å². The van der Waals surface area contributed by atoms with E-state index in [9.17, 15) is 14.3 Å². The average molecular weight is 306 g/mol. The second-order valence-electron chi connectivity index (χ2n) is 4.36. The SMILES string of the molecule is Cc1ccc(N(C)S(=O)Oc2ccccc2[N+](=O)[O-])cc1. The fourth-order valence-corrected chi connectivity index (χ4v) is 2.35. The molecule has 0 aliphatic heterocycles. The van der Waals surface area contributed by atoms with E-state index in [0.717, 1.165) is 5.56 Å². The van der Waals surface area contributed by atoms with Gasteiger partial charge in [0.2, 0.25) is 5.75 Å². The molecule has 0 saturated heterocycles. The number of nitrogens with zero attached hydrogens (tertiary/aromatic N) is 2. The van der Waals surface area contributed by atoms with Crippen LogP contribution in [0.1, 0.15) is 5.56 Å². The molecule has 0 bridgehead atoms. The molecule has 110 valence electrons. The van der Waals surface area contributed by atoms with Crippen LogP contribution in [0.15, 0.2) is 48.5 Å². The van der Waals surface area contributed by atoms with Crippen LogP contribution < -0.4 is 8.49 Å². The lowest BCUT2D eigenvalue weighted by atomic mass is 10.2. The molecule has 0 radical (unpaired) electrons. The van der Waals surface area contributed by atoms with Crippen molar-refractivity contribution in [3.8, 4) is 5.75 Å². The predicted molar refractivity (Wildman–Crippen MR) is 81.4 cm³/mol. The highest BCUT2D eigenvalue weighted by Crippen LogP contribution is 2.27. The number of nitro benzene ring substituents is 1. The Bertz CT molecular complexity index is 673. The van der Waals surface area contributed by atoms with Crippen molar-refractivity contribution in [2.45, 2.75) is 6.92 Å². The summed E-state index contributed by atoms with van der Waals surface area (Å²) in [5.41, 5.74) is 1.55. The van der Waals surface area contributed by atoms with Crippen LogP contribution in [0.2, 0.25) is 0 Å². The van der Waals surface area contributed by atoms with Gasteiger partial charge in [0.25, 0.3) is 0 Å². The van der Waals surface area contributed by atoms with Gasteiger partial charge in [-0.1, -0.05) is 29.8 Å². The summed E-state index contributed by atoms with van der Waals surface area (Å²) >= 11 is -1.87. The van der Waals surface area contributed by atoms with Crippen molar-refractivity contribution in [3.63, 3.8) is 0 Å². The summed E-state index contributed by atoms with van der Waals surface area (Å²) in [5, 5.41) is 10.9. The summed E-state index contributed by atoms with van der Waals surface area (Å²) in [6.45, 7) is 1.95. The van der Waals surface area contributed by atoms with Crippen molar-refractivity contribution in [1.29, 1.82) is 0 Å². The Morgan fingerprint density at radius 3 is 2.38 bits per heavy atom. The van der Waals surface area contributed by atoms with Crippen LogP contribution in [0.25, 0.3) is 0 Å². The second-order valence-corrected chi connectivity index (χ2v) is 5.51. The highest BCUT2D eigenvalue weighted by molar-refractivity contribution is 7.82. The molecule has 1 unspecified atom stereocenters. The zero-order valence-electron chi connectivity index (χ0n) is 11.6. The van der Waals surface area contributed by atoms with E-state index in [1.807, 2.05) is 19.1 Å². The smallest absolute Gasteiger partial charge is 0.318 e. The summed E-state index contributed by atoms with van der Waals surface area (Å²) in [6, 6.07) is 13.2. The van der Waals surface area contributed by atoms with Crippen LogP contribution in [0.5, 0.6) is 5.75 Å². The molecule has 0 aliphatic rings. The number of hydrogen-bond donors (Lipinski definition) is 0. The molecule has 7 heteroatoms. The Morgan fingerprint density at radius 1 is 1.14 bits per heavy atom. The first-order valence-corrected chi connectivity index (χ1v) is 7.16. The summed E-state index contributed by atoms with van der Waals surface area (Å²) in [4.78, 5) is 10.3. The van der Waals surface area contributed by atoms with E-state index < -0.39 is 16.2 Å². The monoisotopic (exact) mass is 306 g/mol. The summed E-state index contributed by atoms with van der Waals surface area (Å²) < 4.78 is 18.8. The third-order valence-electron chi connectivity index (χ3n) is 2.84. The van der Waals surface area contributed by atoms with Gasteiger partial charge in [0, 0.05) is 13.1 Å². The first-order valence-electron chi connectivity index (χ1n) is 6.13. The van der Waals surface area contributed by atoms with Gasteiger partial charge in [-0.15, -0.1) is 0 Å². The zero-order valence-corrected chi connectivity index (χ0v) is 12.4. The minimum absolute atomic E-state index is 0.0280. The minimum atomic E-state index is -1.87. The molecule has 1 atom stereocenters. The van der Waals surface area contributed by atoms with E-state index in [1.54, 1.807) is 25.2 Å². The van der Waals surface area contributed by atoms with Crippen molar-refractivity contribution < 1.29 is 13.3 Å². The molecule has 0 aliphatic carbocycles. The highest BCUT2D eigenvalue weighted by atomic mass is 32.2. The first-order chi connectivity index (χ1) is 9.99. The highest BCUT2D eigenvalue weighted by Gasteiger charge is 2.19. The van der Waals surface area contributed by atoms with E-state index in [4.69, 9.17) is 4.18 Å². The van der Waals surface area contributed by atoms with Crippen molar-refractivity contribution in [2.75, 3.05) is 11.4 Å². The Balaban J connectivity index is 2.18. The molecule has 0 aromatic heterocycles. The quantitative estimate of drug-likeness (QED) is 0.629. The normalized spacial score (nSPS) is 11.7. The van der Waals surface area contributed by atoms with Crippen LogP contribution >= 0.6 is 0 Å². The molecule has 0 amide bonds. The van der Waals surface area contributed by atoms with Crippen LogP contribution in [0.3, 0.4) is 0 Å². The van der Waals surface area contributed by atoms with Gasteiger partial charge >= 0.3 is 17.0 Å². The maximum atomic E-state index is 12.2. The lowest BCUT2D eigenvalue weighted by molar-refractivity contribution is -0.385. The van der Waals surface area contributed by atoms with Gasteiger partial charge in [-0.25, -0.2) is 0 Å². The molecule has 2 rings (SSSR count). The molecule has 0 N–H and O–H groups in total. The molecule has 0 fully saturated rings. The second kappa shape index (κ2) is 6.36. The fraction of sp³-hybridized carbons (Fsp3) is 0.143. The standard InChI is InChI=1S/C14H14N2O4S/c1-11-7-9-12(10-8-11)15(2)21(19)20-14-6-4-3-5-13(14)16(17)18/h3-10H,1-2H3. The van der Waals surface area contributed by atoms with Crippen molar-refractivity contribution in [3.05, 3.63) is 64.2 Å². The maximum absolute atomic E-state index is 12.2. The fourth-order valence-electron chi connectivity index (χ4n) is 1.65. The van der Waals surface area contributed by atoms with Gasteiger partial charge in [-0.3, -0.25) is 14.4 Å². The van der Waals surface area contributed by atoms with Gasteiger partial charge in [-0.2, -0.15) is 4.21 Å². The van der Waals surface area contributed by atoms with Gasteiger partial charge in [0.15, 0.2) is 0 Å². The molecule has 21 heavy (non-hydrogen) atoms. The molecule has 0 saturated carbocycles. The van der Waals surface area contributed by atoms with Crippen molar-refractivity contribution >= 4 is 22.6 Å². The predicted octanol–water partition coefficient (Wildman–Crippen LogP) is 3.00. The molecule has 2 aromatic rings. The first kappa shape index (κ1) is 15.0. The number of aryl methyl sites for hydroxylation is 1. The number of rotatable bonds is 5. The summed E-state index contributed by atoms with van der Waals surface area (Å²) in [6.07, 6.45) is 0. The zero-order chi connectivity index (χ0) is 15.4. The number of benzene rings is 2. The Labute approximate surface area is 124 Å². The maximum Gasteiger partial charge on any atom is 0.318 e. The van der Waals surface area contributed by atoms with Crippen molar-refractivity contribution in [2.24, 2.45) is 0 Å². The molecular weight excluding hydrogens is 292 g/mol. The number of anilines is 1. The largest absolute Gasteiger partial charge is 0.378 e. The van der Waals surface area contributed by atoms with Gasteiger partial charge < -0.3 is 4.18 Å².